The van der Waals surface area contributed by atoms with Crippen molar-refractivity contribution in [1.29, 1.82) is 0 Å². The maximum atomic E-state index is 12.8. The second-order valence-electron chi connectivity index (χ2n) is 6.15. The summed E-state index contributed by atoms with van der Waals surface area (Å²) in [4.78, 5) is 30.4. The number of nitrogens with zero attached hydrogens (tertiary/aromatic N) is 4. The molecule has 0 aromatic carbocycles. The Morgan fingerprint density at radius 3 is 2.96 bits per heavy atom. The average Bonchev–Trinajstić information content (AvgIpc) is 3.39. The van der Waals surface area contributed by atoms with Crippen LogP contribution in [0.15, 0.2) is 52.6 Å². The number of hydrogen-bond donors (Lipinski definition) is 1. The van der Waals surface area contributed by atoms with Crippen molar-refractivity contribution in [1.82, 2.24) is 24.8 Å². The number of amides is 1. The van der Waals surface area contributed by atoms with Gasteiger partial charge in [0.2, 0.25) is 0 Å². The summed E-state index contributed by atoms with van der Waals surface area (Å²) in [7, 11) is 0. The first-order chi connectivity index (χ1) is 12.8. The number of hydrogen-bond acceptors (Lipinski definition) is 6. The van der Waals surface area contributed by atoms with E-state index in [0.29, 0.717) is 23.2 Å². The molecule has 134 valence electrons. The van der Waals surface area contributed by atoms with Crippen molar-refractivity contribution in [3.05, 3.63) is 60.3 Å². The molecule has 3 aromatic heterocycles. The summed E-state index contributed by atoms with van der Waals surface area (Å²) in [5.74, 6) is 2.85. The molecule has 0 radical (unpaired) electrons. The summed E-state index contributed by atoms with van der Waals surface area (Å²) in [5.41, 5.74) is 0. The van der Waals surface area contributed by atoms with Gasteiger partial charge in [-0.25, -0.2) is 15.0 Å². The summed E-state index contributed by atoms with van der Waals surface area (Å²) in [6.07, 6.45) is 8.99. The number of H-pyrrole nitrogens is 1. The Bertz CT molecular complexity index is 850. The summed E-state index contributed by atoms with van der Waals surface area (Å²) in [5, 5.41) is 0.689. The Morgan fingerprint density at radius 1 is 1.27 bits per heavy atom. The Balaban J connectivity index is 1.38. The molecular weight excluding hydrogens is 350 g/mol. The highest BCUT2D eigenvalue weighted by molar-refractivity contribution is 7.98. The van der Waals surface area contributed by atoms with Crippen LogP contribution in [0, 0.1) is 0 Å². The first-order valence-corrected chi connectivity index (χ1v) is 9.55. The molecule has 1 atom stereocenters. The molecule has 1 fully saturated rings. The minimum Gasteiger partial charge on any atom is -0.455 e. The fourth-order valence-corrected chi connectivity index (χ4v) is 3.80. The molecule has 1 saturated heterocycles. The summed E-state index contributed by atoms with van der Waals surface area (Å²) < 4.78 is 5.76. The zero-order valence-electron chi connectivity index (χ0n) is 14.2. The molecule has 3 aromatic rings. The van der Waals surface area contributed by atoms with Gasteiger partial charge in [0, 0.05) is 43.8 Å². The zero-order chi connectivity index (χ0) is 17.8. The molecule has 0 saturated carbocycles. The lowest BCUT2D eigenvalue weighted by atomic mass is 9.97. The topological polar surface area (TPSA) is 87.9 Å². The van der Waals surface area contributed by atoms with Gasteiger partial charge < -0.3 is 14.3 Å². The van der Waals surface area contributed by atoms with Gasteiger partial charge in [-0.05, 0) is 31.0 Å². The third kappa shape index (κ3) is 3.80. The van der Waals surface area contributed by atoms with Crippen LogP contribution < -0.4 is 0 Å². The van der Waals surface area contributed by atoms with Gasteiger partial charge in [-0.2, -0.15) is 0 Å². The van der Waals surface area contributed by atoms with Crippen LogP contribution in [0.1, 0.15) is 40.9 Å². The van der Waals surface area contributed by atoms with Crippen LogP contribution >= 0.6 is 11.8 Å². The van der Waals surface area contributed by atoms with Gasteiger partial charge in [0.05, 0.1) is 5.75 Å². The normalized spacial score (nSPS) is 17.4. The minimum absolute atomic E-state index is 0.0616. The van der Waals surface area contributed by atoms with Crippen LogP contribution in [0.25, 0.3) is 0 Å². The predicted molar refractivity (Wildman–Crippen MR) is 96.8 cm³/mol. The Labute approximate surface area is 155 Å². The average molecular weight is 369 g/mol. The molecule has 1 aliphatic rings. The number of likely N-dealkylation sites (tertiary alicyclic amines) is 1. The van der Waals surface area contributed by atoms with E-state index >= 15 is 0 Å². The largest absolute Gasteiger partial charge is 0.455 e. The van der Waals surface area contributed by atoms with Crippen LogP contribution in [-0.2, 0) is 5.75 Å². The van der Waals surface area contributed by atoms with E-state index in [4.69, 9.17) is 4.42 Å². The van der Waals surface area contributed by atoms with Gasteiger partial charge in [0.1, 0.15) is 11.6 Å². The van der Waals surface area contributed by atoms with Crippen molar-refractivity contribution >= 4 is 17.7 Å². The number of furan rings is 1. The first-order valence-electron chi connectivity index (χ1n) is 8.56. The van der Waals surface area contributed by atoms with Crippen LogP contribution in [0.5, 0.6) is 0 Å². The van der Waals surface area contributed by atoms with Crippen LogP contribution in [0.4, 0.5) is 0 Å². The standard InChI is InChI=1S/C18H19N5O2S/c24-17(23-10-1-3-13(11-23)16-19-8-9-20-16)15-5-4-14(25-15)12-26-18-21-6-2-7-22-18/h2,4-9,13H,1,3,10-12H2,(H,19,20)/t13-/m0/s1. The molecule has 8 heteroatoms. The molecule has 4 heterocycles. The summed E-state index contributed by atoms with van der Waals surface area (Å²) >= 11 is 1.48. The molecule has 0 unspecified atom stereocenters. The highest BCUT2D eigenvalue weighted by atomic mass is 32.2. The molecule has 26 heavy (non-hydrogen) atoms. The number of aromatic amines is 1. The second-order valence-corrected chi connectivity index (χ2v) is 7.09. The number of rotatable bonds is 5. The predicted octanol–water partition coefficient (Wildman–Crippen LogP) is 3.10. The number of thioether (sulfide) groups is 1. The lowest BCUT2D eigenvalue weighted by Crippen LogP contribution is -2.39. The molecule has 0 aliphatic carbocycles. The van der Waals surface area contributed by atoms with Gasteiger partial charge in [-0.15, -0.1) is 0 Å². The fourth-order valence-electron chi connectivity index (χ4n) is 3.11. The van der Waals surface area contributed by atoms with E-state index in [-0.39, 0.29) is 11.8 Å². The number of aromatic nitrogens is 4. The maximum Gasteiger partial charge on any atom is 0.289 e. The van der Waals surface area contributed by atoms with Crippen molar-refractivity contribution in [3.8, 4) is 0 Å². The van der Waals surface area contributed by atoms with Crippen molar-refractivity contribution < 1.29 is 9.21 Å². The van der Waals surface area contributed by atoms with Crippen LogP contribution in [0.3, 0.4) is 0 Å². The molecule has 1 aliphatic heterocycles. The van der Waals surface area contributed by atoms with Gasteiger partial charge in [-0.3, -0.25) is 4.79 Å². The first kappa shape index (κ1) is 16.8. The third-order valence-corrected chi connectivity index (χ3v) is 5.27. The van der Waals surface area contributed by atoms with Gasteiger partial charge in [0.15, 0.2) is 10.9 Å². The quantitative estimate of drug-likeness (QED) is 0.549. The van der Waals surface area contributed by atoms with E-state index in [1.165, 1.54) is 11.8 Å². The molecule has 1 amide bonds. The molecular formula is C18H19N5O2S. The smallest absolute Gasteiger partial charge is 0.289 e. The number of imidazole rings is 1. The summed E-state index contributed by atoms with van der Waals surface area (Å²) in [6.45, 7) is 1.41. The number of piperidine rings is 1. The molecule has 0 spiro atoms. The van der Waals surface area contributed by atoms with Crippen molar-refractivity contribution in [2.75, 3.05) is 13.1 Å². The summed E-state index contributed by atoms with van der Waals surface area (Å²) in [6, 6.07) is 5.38. The number of carbonyl (C=O) groups is 1. The van der Waals surface area contributed by atoms with Crippen molar-refractivity contribution in [2.45, 2.75) is 29.7 Å². The lowest BCUT2D eigenvalue weighted by Gasteiger charge is -2.31. The van der Waals surface area contributed by atoms with Crippen LogP contribution in [0.2, 0.25) is 0 Å². The Morgan fingerprint density at radius 2 is 2.15 bits per heavy atom. The molecule has 7 nitrogen and oxygen atoms in total. The molecule has 1 N–H and O–H groups in total. The Kier molecular flexibility index (Phi) is 5.01. The van der Waals surface area contributed by atoms with E-state index < -0.39 is 0 Å². The molecule has 4 rings (SSSR count). The van der Waals surface area contributed by atoms with Gasteiger partial charge in [0.25, 0.3) is 5.91 Å². The zero-order valence-corrected chi connectivity index (χ0v) is 15.0. The number of nitrogens with one attached hydrogen (secondary N) is 1. The van der Waals surface area contributed by atoms with Gasteiger partial charge in [-0.1, -0.05) is 11.8 Å². The SMILES string of the molecule is O=C(c1ccc(CSc2ncccn2)o1)N1CCC[C@H](c2ncc[nH]2)C1. The van der Waals surface area contributed by atoms with Crippen molar-refractivity contribution in [3.63, 3.8) is 0 Å². The second kappa shape index (κ2) is 7.74. The number of carbonyl (C=O) groups excluding carboxylic acids is 1. The molecule has 0 bridgehead atoms. The fraction of sp³-hybridized carbons (Fsp3) is 0.333. The van der Waals surface area contributed by atoms with E-state index in [1.54, 1.807) is 30.7 Å². The highest BCUT2D eigenvalue weighted by Crippen LogP contribution is 2.26. The minimum atomic E-state index is -0.0616. The van der Waals surface area contributed by atoms with E-state index in [1.807, 2.05) is 17.2 Å². The lowest BCUT2D eigenvalue weighted by molar-refractivity contribution is 0.0671. The maximum absolute atomic E-state index is 12.8. The van der Waals surface area contributed by atoms with E-state index in [2.05, 4.69) is 19.9 Å². The third-order valence-electron chi connectivity index (χ3n) is 4.37. The van der Waals surface area contributed by atoms with Crippen molar-refractivity contribution in [2.24, 2.45) is 0 Å². The van der Waals surface area contributed by atoms with E-state index in [0.717, 1.165) is 31.0 Å². The highest BCUT2D eigenvalue weighted by Gasteiger charge is 2.28. The van der Waals surface area contributed by atoms with Gasteiger partial charge >= 0.3 is 0 Å². The van der Waals surface area contributed by atoms with E-state index in [9.17, 15) is 4.79 Å². The Hall–Kier alpha value is -2.61. The van der Waals surface area contributed by atoms with Crippen LogP contribution in [-0.4, -0.2) is 43.8 Å². The monoisotopic (exact) mass is 369 g/mol.